The zero-order valence-electron chi connectivity index (χ0n) is 16.5. The summed E-state index contributed by atoms with van der Waals surface area (Å²) >= 11 is 0. The summed E-state index contributed by atoms with van der Waals surface area (Å²) in [4.78, 5) is 15.2. The molecule has 0 saturated carbocycles. The highest BCUT2D eigenvalue weighted by Crippen LogP contribution is 2.29. The van der Waals surface area contributed by atoms with Crippen LogP contribution in [-0.4, -0.2) is 54.1 Å². The fraction of sp³-hybridized carbons (Fsp3) is 0.273. The minimum absolute atomic E-state index is 0.684. The summed E-state index contributed by atoms with van der Waals surface area (Å²) in [6.07, 6.45) is 1.03. The summed E-state index contributed by atoms with van der Waals surface area (Å²) in [7, 11) is 5.84. The smallest absolute Gasteiger partial charge is 0.178 e. The van der Waals surface area contributed by atoms with Crippen molar-refractivity contribution >= 4 is 27.6 Å². The van der Waals surface area contributed by atoms with E-state index in [0.29, 0.717) is 5.82 Å². The van der Waals surface area contributed by atoms with Gasteiger partial charge in [0.25, 0.3) is 0 Å². The van der Waals surface area contributed by atoms with Gasteiger partial charge >= 0.3 is 0 Å². The van der Waals surface area contributed by atoms with Crippen molar-refractivity contribution in [3.8, 4) is 17.3 Å². The van der Waals surface area contributed by atoms with Crippen molar-refractivity contribution in [1.82, 2.24) is 19.9 Å². The number of rotatable bonds is 7. The summed E-state index contributed by atoms with van der Waals surface area (Å²) in [5, 5.41) is 5.60. The maximum Gasteiger partial charge on any atom is 0.178 e. The van der Waals surface area contributed by atoms with Crippen LogP contribution in [0.4, 0.5) is 5.82 Å². The van der Waals surface area contributed by atoms with Gasteiger partial charge in [-0.25, -0.2) is 9.97 Å². The van der Waals surface area contributed by atoms with Gasteiger partial charge in [0.05, 0.1) is 18.3 Å². The topological polar surface area (TPSA) is 66.1 Å². The molecule has 0 amide bonds. The van der Waals surface area contributed by atoms with Gasteiger partial charge in [0.1, 0.15) is 11.6 Å². The zero-order chi connectivity index (χ0) is 19.5. The highest BCUT2D eigenvalue weighted by molar-refractivity contribution is 5.92. The molecule has 0 unspecified atom stereocenters. The maximum atomic E-state index is 5.39. The number of benzene rings is 2. The lowest BCUT2D eigenvalue weighted by atomic mass is 10.2. The number of fused-ring (bicyclic) bond motifs is 2. The molecule has 0 bridgehead atoms. The molecule has 6 nitrogen and oxygen atoms in total. The Kier molecular flexibility index (Phi) is 5.12. The van der Waals surface area contributed by atoms with E-state index in [1.165, 1.54) is 0 Å². The third-order valence-electron chi connectivity index (χ3n) is 4.75. The predicted molar refractivity (Wildman–Crippen MR) is 115 cm³/mol. The molecule has 6 heteroatoms. The molecule has 0 atom stereocenters. The van der Waals surface area contributed by atoms with Crippen molar-refractivity contribution in [2.24, 2.45) is 0 Å². The number of ether oxygens (including phenoxy) is 1. The molecule has 0 aliphatic heterocycles. The number of hydrogen-bond acceptors (Lipinski definition) is 5. The number of methoxy groups -OCH3 is 1. The molecule has 144 valence electrons. The lowest BCUT2D eigenvalue weighted by Gasteiger charge is -2.13. The fourth-order valence-electron chi connectivity index (χ4n) is 3.29. The molecule has 4 rings (SSSR count). The van der Waals surface area contributed by atoms with E-state index >= 15 is 0 Å². The Balaban J connectivity index is 1.74. The van der Waals surface area contributed by atoms with Crippen LogP contribution < -0.4 is 10.1 Å². The Morgan fingerprint density at radius 3 is 2.71 bits per heavy atom. The predicted octanol–water partition coefficient (Wildman–Crippen LogP) is 4.15. The molecule has 2 N–H and O–H groups in total. The molecule has 2 heterocycles. The molecule has 2 aromatic heterocycles. The summed E-state index contributed by atoms with van der Waals surface area (Å²) in [5.41, 5.74) is 2.88. The first-order valence-corrected chi connectivity index (χ1v) is 9.46. The van der Waals surface area contributed by atoms with Gasteiger partial charge in [0.2, 0.25) is 0 Å². The first kappa shape index (κ1) is 18.3. The number of aromatic amines is 1. The lowest BCUT2D eigenvalue weighted by molar-refractivity contribution is 0.405. The molecule has 28 heavy (non-hydrogen) atoms. The number of hydrogen-bond donors (Lipinski definition) is 2. The maximum absolute atomic E-state index is 5.39. The van der Waals surface area contributed by atoms with Crippen molar-refractivity contribution in [2.75, 3.05) is 39.6 Å². The number of para-hydroxylation sites is 1. The van der Waals surface area contributed by atoms with E-state index in [1.54, 1.807) is 7.11 Å². The van der Waals surface area contributed by atoms with Crippen molar-refractivity contribution < 1.29 is 4.74 Å². The molecular weight excluding hydrogens is 350 g/mol. The number of H-pyrrole nitrogens is 1. The van der Waals surface area contributed by atoms with E-state index in [4.69, 9.17) is 14.7 Å². The van der Waals surface area contributed by atoms with E-state index in [9.17, 15) is 0 Å². The van der Waals surface area contributed by atoms with Crippen LogP contribution in [0.2, 0.25) is 0 Å². The molecule has 2 aromatic carbocycles. The van der Waals surface area contributed by atoms with Crippen LogP contribution in [0.25, 0.3) is 33.3 Å². The Labute approximate surface area is 164 Å². The summed E-state index contributed by atoms with van der Waals surface area (Å²) in [6.45, 7) is 1.86. The minimum Gasteiger partial charge on any atom is -0.497 e. The highest BCUT2D eigenvalue weighted by Gasteiger charge is 2.12. The van der Waals surface area contributed by atoms with E-state index in [-0.39, 0.29) is 0 Å². The molecule has 4 aromatic rings. The summed E-state index contributed by atoms with van der Waals surface area (Å²) < 4.78 is 5.39. The second-order valence-electron chi connectivity index (χ2n) is 7.13. The molecular formula is C22H25N5O. The Morgan fingerprint density at radius 2 is 1.93 bits per heavy atom. The van der Waals surface area contributed by atoms with Crippen LogP contribution >= 0.6 is 0 Å². The van der Waals surface area contributed by atoms with Gasteiger partial charge in [-0.3, -0.25) is 0 Å². The van der Waals surface area contributed by atoms with Gasteiger partial charge in [-0.2, -0.15) is 0 Å². The fourth-order valence-corrected chi connectivity index (χ4v) is 3.29. The minimum atomic E-state index is 0.684. The third kappa shape index (κ3) is 3.77. The second kappa shape index (κ2) is 7.86. The monoisotopic (exact) mass is 375 g/mol. The first-order chi connectivity index (χ1) is 13.6. The Hall–Kier alpha value is -3.12. The standard InChI is InChI=1S/C22H25N5O/c1-27(2)12-6-11-23-21-17-14-16(28-3)9-10-19(17)25-22(26-21)20-13-15-7-4-5-8-18(15)24-20/h4-5,7-10,13-14,24H,6,11-12H2,1-3H3,(H,23,25,26). The van der Waals surface area contributed by atoms with Crippen molar-refractivity contribution in [1.29, 1.82) is 0 Å². The van der Waals surface area contributed by atoms with Crippen molar-refractivity contribution in [3.63, 3.8) is 0 Å². The van der Waals surface area contributed by atoms with E-state index in [2.05, 4.69) is 47.5 Å². The molecule has 0 fully saturated rings. The zero-order valence-corrected chi connectivity index (χ0v) is 16.5. The average Bonchev–Trinajstić information content (AvgIpc) is 3.14. The van der Waals surface area contributed by atoms with Gasteiger partial charge in [0, 0.05) is 22.8 Å². The highest BCUT2D eigenvalue weighted by atomic mass is 16.5. The van der Waals surface area contributed by atoms with Crippen molar-refractivity contribution in [2.45, 2.75) is 6.42 Å². The normalized spacial score (nSPS) is 11.4. The average molecular weight is 375 g/mol. The Bertz CT molecular complexity index is 1070. The van der Waals surface area contributed by atoms with E-state index in [1.807, 2.05) is 30.3 Å². The SMILES string of the molecule is COc1ccc2nc(-c3cc4ccccc4[nH]3)nc(NCCCN(C)C)c2c1. The molecule has 0 radical (unpaired) electrons. The largest absolute Gasteiger partial charge is 0.497 e. The van der Waals surface area contributed by atoms with Crippen LogP contribution in [0, 0.1) is 0 Å². The van der Waals surface area contributed by atoms with Crippen molar-refractivity contribution in [3.05, 3.63) is 48.5 Å². The van der Waals surface area contributed by atoms with E-state index < -0.39 is 0 Å². The Morgan fingerprint density at radius 1 is 1.07 bits per heavy atom. The van der Waals surface area contributed by atoms with Gasteiger partial charge < -0.3 is 19.9 Å². The first-order valence-electron chi connectivity index (χ1n) is 9.46. The number of anilines is 1. The molecule has 0 aliphatic carbocycles. The van der Waals surface area contributed by atoms with Crippen LogP contribution in [-0.2, 0) is 0 Å². The quantitative estimate of drug-likeness (QED) is 0.475. The van der Waals surface area contributed by atoms with Gasteiger partial charge in [-0.1, -0.05) is 18.2 Å². The molecule has 0 saturated heterocycles. The summed E-state index contributed by atoms with van der Waals surface area (Å²) in [5.74, 6) is 2.31. The van der Waals surface area contributed by atoms with Crippen LogP contribution in [0.3, 0.4) is 0 Å². The second-order valence-corrected chi connectivity index (χ2v) is 7.13. The van der Waals surface area contributed by atoms with Gasteiger partial charge in [-0.15, -0.1) is 0 Å². The number of nitrogens with zero attached hydrogens (tertiary/aromatic N) is 3. The summed E-state index contributed by atoms with van der Waals surface area (Å²) in [6, 6.07) is 16.2. The number of nitrogens with one attached hydrogen (secondary N) is 2. The lowest BCUT2D eigenvalue weighted by Crippen LogP contribution is -2.17. The molecule has 0 spiro atoms. The van der Waals surface area contributed by atoms with Gasteiger partial charge in [0.15, 0.2) is 5.82 Å². The van der Waals surface area contributed by atoms with Crippen LogP contribution in [0.1, 0.15) is 6.42 Å². The van der Waals surface area contributed by atoms with E-state index in [0.717, 1.165) is 58.6 Å². The molecule has 0 aliphatic rings. The third-order valence-corrected chi connectivity index (χ3v) is 4.75. The van der Waals surface area contributed by atoms with Crippen LogP contribution in [0.5, 0.6) is 5.75 Å². The van der Waals surface area contributed by atoms with Gasteiger partial charge in [-0.05, 0) is 57.4 Å². The van der Waals surface area contributed by atoms with Crippen LogP contribution in [0.15, 0.2) is 48.5 Å². The number of aromatic nitrogens is 3.